The van der Waals surface area contributed by atoms with Crippen molar-refractivity contribution in [1.82, 2.24) is 15.8 Å². The number of amides is 2. The SMILES string of the molecule is CC(Oc1ccc2ccccc2c1)C(=O)NNC(=O)c1ccncc1. The van der Waals surface area contributed by atoms with Crippen LogP contribution in [0.3, 0.4) is 0 Å². The topological polar surface area (TPSA) is 80.3 Å². The quantitative estimate of drug-likeness (QED) is 0.718. The predicted octanol–water partition coefficient (Wildman–Crippen LogP) is 2.46. The number of pyridine rings is 1. The van der Waals surface area contributed by atoms with Crippen molar-refractivity contribution in [2.45, 2.75) is 13.0 Å². The van der Waals surface area contributed by atoms with Crippen molar-refractivity contribution >= 4 is 22.6 Å². The zero-order valence-electron chi connectivity index (χ0n) is 13.6. The van der Waals surface area contributed by atoms with Gasteiger partial charge in [0.15, 0.2) is 6.10 Å². The van der Waals surface area contributed by atoms with E-state index < -0.39 is 17.9 Å². The van der Waals surface area contributed by atoms with Gasteiger partial charge in [0.2, 0.25) is 0 Å². The Morgan fingerprint density at radius 2 is 1.68 bits per heavy atom. The Bertz CT molecular complexity index is 897. The van der Waals surface area contributed by atoms with Crippen molar-refractivity contribution in [1.29, 1.82) is 0 Å². The van der Waals surface area contributed by atoms with Crippen molar-refractivity contribution in [3.05, 3.63) is 72.6 Å². The molecular weight excluding hydrogens is 318 g/mol. The molecule has 0 saturated carbocycles. The van der Waals surface area contributed by atoms with Crippen LogP contribution in [0.15, 0.2) is 67.0 Å². The van der Waals surface area contributed by atoms with E-state index in [-0.39, 0.29) is 0 Å². The second-order valence-electron chi connectivity index (χ2n) is 5.45. The highest BCUT2D eigenvalue weighted by molar-refractivity contribution is 5.95. The summed E-state index contributed by atoms with van der Waals surface area (Å²) in [7, 11) is 0. The highest BCUT2D eigenvalue weighted by Crippen LogP contribution is 2.21. The molecule has 3 rings (SSSR count). The van der Waals surface area contributed by atoms with Crippen LogP contribution in [0.4, 0.5) is 0 Å². The van der Waals surface area contributed by atoms with E-state index in [9.17, 15) is 9.59 Å². The molecule has 0 fully saturated rings. The average molecular weight is 335 g/mol. The number of carbonyl (C=O) groups excluding carboxylic acids is 2. The Morgan fingerprint density at radius 3 is 2.44 bits per heavy atom. The number of hydrazine groups is 1. The first-order chi connectivity index (χ1) is 12.1. The van der Waals surface area contributed by atoms with Gasteiger partial charge in [-0.2, -0.15) is 0 Å². The Morgan fingerprint density at radius 1 is 0.960 bits per heavy atom. The van der Waals surface area contributed by atoms with Gasteiger partial charge in [-0.3, -0.25) is 25.4 Å². The first kappa shape index (κ1) is 16.4. The molecule has 2 amide bonds. The van der Waals surface area contributed by atoms with E-state index in [1.807, 2.05) is 42.5 Å². The van der Waals surface area contributed by atoms with Gasteiger partial charge >= 0.3 is 0 Å². The lowest BCUT2D eigenvalue weighted by Gasteiger charge is -2.15. The molecular formula is C19H17N3O3. The van der Waals surface area contributed by atoms with E-state index >= 15 is 0 Å². The molecule has 3 aromatic rings. The van der Waals surface area contributed by atoms with E-state index in [1.54, 1.807) is 19.1 Å². The minimum Gasteiger partial charge on any atom is -0.481 e. The third kappa shape index (κ3) is 4.11. The molecule has 0 aliphatic rings. The molecule has 0 spiro atoms. The number of carbonyl (C=O) groups is 2. The molecule has 0 bridgehead atoms. The summed E-state index contributed by atoms with van der Waals surface area (Å²) < 4.78 is 5.65. The number of nitrogens with zero attached hydrogens (tertiary/aromatic N) is 1. The Labute approximate surface area is 144 Å². The van der Waals surface area contributed by atoms with Crippen LogP contribution in [0.1, 0.15) is 17.3 Å². The summed E-state index contributed by atoms with van der Waals surface area (Å²) in [4.78, 5) is 27.8. The molecule has 2 aromatic carbocycles. The number of hydrogen-bond acceptors (Lipinski definition) is 4. The number of nitrogens with one attached hydrogen (secondary N) is 2. The van der Waals surface area contributed by atoms with Gasteiger partial charge in [-0.15, -0.1) is 0 Å². The van der Waals surface area contributed by atoms with Crippen molar-refractivity contribution in [3.8, 4) is 5.75 Å². The van der Waals surface area contributed by atoms with Crippen LogP contribution in [-0.2, 0) is 4.79 Å². The predicted molar refractivity (Wildman–Crippen MR) is 93.9 cm³/mol. The highest BCUT2D eigenvalue weighted by Gasteiger charge is 2.16. The van der Waals surface area contributed by atoms with E-state index in [1.165, 1.54) is 12.4 Å². The van der Waals surface area contributed by atoms with Gasteiger partial charge in [0.1, 0.15) is 5.75 Å². The highest BCUT2D eigenvalue weighted by atomic mass is 16.5. The van der Waals surface area contributed by atoms with Crippen LogP contribution in [0, 0.1) is 0 Å². The second kappa shape index (κ2) is 7.44. The normalized spacial score (nSPS) is 11.6. The Hall–Kier alpha value is -3.41. The number of fused-ring (bicyclic) bond motifs is 1. The van der Waals surface area contributed by atoms with Crippen LogP contribution in [0.5, 0.6) is 5.75 Å². The first-order valence-corrected chi connectivity index (χ1v) is 7.79. The standard InChI is InChI=1S/C19H17N3O3/c1-13(18(23)21-22-19(24)15-8-10-20-11-9-15)25-17-7-6-14-4-2-3-5-16(14)12-17/h2-13H,1H3,(H,21,23)(H,22,24). The van der Waals surface area contributed by atoms with Crippen LogP contribution in [0.25, 0.3) is 10.8 Å². The molecule has 6 nitrogen and oxygen atoms in total. The third-order valence-corrected chi connectivity index (χ3v) is 3.64. The molecule has 2 N–H and O–H groups in total. The summed E-state index contributed by atoms with van der Waals surface area (Å²) >= 11 is 0. The largest absolute Gasteiger partial charge is 0.481 e. The zero-order valence-corrected chi connectivity index (χ0v) is 13.6. The van der Waals surface area contributed by atoms with Crippen LogP contribution in [0.2, 0.25) is 0 Å². The molecule has 0 radical (unpaired) electrons. The van der Waals surface area contributed by atoms with Gasteiger partial charge in [0.25, 0.3) is 11.8 Å². The minimum absolute atomic E-state index is 0.401. The molecule has 1 heterocycles. The first-order valence-electron chi connectivity index (χ1n) is 7.79. The van der Waals surface area contributed by atoms with E-state index in [4.69, 9.17) is 4.74 Å². The van der Waals surface area contributed by atoms with Crippen LogP contribution in [-0.4, -0.2) is 22.9 Å². The van der Waals surface area contributed by atoms with Gasteiger partial charge < -0.3 is 4.74 Å². The monoisotopic (exact) mass is 335 g/mol. The lowest BCUT2D eigenvalue weighted by Crippen LogP contribution is -2.47. The molecule has 0 aliphatic heterocycles. The summed E-state index contributed by atoms with van der Waals surface area (Å²) in [5.74, 6) is -0.286. The number of rotatable bonds is 4. The summed E-state index contributed by atoms with van der Waals surface area (Å²) in [5.41, 5.74) is 5.10. The van der Waals surface area contributed by atoms with Gasteiger partial charge in [0, 0.05) is 18.0 Å². The molecule has 25 heavy (non-hydrogen) atoms. The smallest absolute Gasteiger partial charge is 0.279 e. The van der Waals surface area contributed by atoms with Gasteiger partial charge in [-0.05, 0) is 42.0 Å². The molecule has 126 valence electrons. The summed E-state index contributed by atoms with van der Waals surface area (Å²) in [6, 6.07) is 16.6. The molecule has 0 aliphatic carbocycles. The van der Waals surface area contributed by atoms with Crippen LogP contribution >= 0.6 is 0 Å². The molecule has 1 unspecified atom stereocenters. The maximum atomic E-state index is 12.1. The summed E-state index contributed by atoms with van der Waals surface area (Å²) in [5, 5.41) is 2.12. The molecule has 0 saturated heterocycles. The minimum atomic E-state index is -0.765. The van der Waals surface area contributed by atoms with Crippen molar-refractivity contribution < 1.29 is 14.3 Å². The van der Waals surface area contributed by atoms with Crippen molar-refractivity contribution in [3.63, 3.8) is 0 Å². The molecule has 1 atom stereocenters. The fourth-order valence-electron chi connectivity index (χ4n) is 2.29. The lowest BCUT2D eigenvalue weighted by molar-refractivity contribution is -0.128. The van der Waals surface area contributed by atoms with Crippen molar-refractivity contribution in [2.75, 3.05) is 0 Å². The second-order valence-corrected chi connectivity index (χ2v) is 5.45. The van der Waals surface area contributed by atoms with E-state index in [0.29, 0.717) is 11.3 Å². The maximum Gasteiger partial charge on any atom is 0.279 e. The number of ether oxygens (including phenoxy) is 1. The third-order valence-electron chi connectivity index (χ3n) is 3.64. The molecule has 1 aromatic heterocycles. The summed E-state index contributed by atoms with van der Waals surface area (Å²) in [6.45, 7) is 1.61. The number of aromatic nitrogens is 1. The number of hydrogen-bond donors (Lipinski definition) is 2. The number of benzene rings is 2. The van der Waals surface area contributed by atoms with E-state index in [0.717, 1.165) is 10.8 Å². The maximum absolute atomic E-state index is 12.1. The Balaban J connectivity index is 1.57. The van der Waals surface area contributed by atoms with Gasteiger partial charge in [-0.1, -0.05) is 30.3 Å². The van der Waals surface area contributed by atoms with Crippen LogP contribution < -0.4 is 15.6 Å². The zero-order chi connectivity index (χ0) is 17.6. The van der Waals surface area contributed by atoms with Gasteiger partial charge in [0.05, 0.1) is 0 Å². The fraction of sp³-hybridized carbons (Fsp3) is 0.105. The van der Waals surface area contributed by atoms with E-state index in [2.05, 4.69) is 15.8 Å². The Kier molecular flexibility index (Phi) is 4.89. The van der Waals surface area contributed by atoms with Gasteiger partial charge in [-0.25, -0.2) is 0 Å². The summed E-state index contributed by atoms with van der Waals surface area (Å²) in [6.07, 6.45) is 2.24. The molecule has 6 heteroatoms. The van der Waals surface area contributed by atoms with Crippen molar-refractivity contribution in [2.24, 2.45) is 0 Å². The lowest BCUT2D eigenvalue weighted by atomic mass is 10.1. The fourth-order valence-corrected chi connectivity index (χ4v) is 2.29. The average Bonchev–Trinajstić information content (AvgIpc) is 2.66.